The van der Waals surface area contributed by atoms with E-state index in [-0.39, 0.29) is 18.2 Å². The maximum Gasteiger partial charge on any atom is 0.238 e. The fourth-order valence-electron chi connectivity index (χ4n) is 3.59. The smallest absolute Gasteiger partial charge is 0.238 e. The van der Waals surface area contributed by atoms with Crippen molar-refractivity contribution in [3.05, 3.63) is 71.5 Å². The predicted octanol–water partition coefficient (Wildman–Crippen LogP) is 3.95. The monoisotopic (exact) mass is 420 g/mol. The number of carbonyl (C=O) groups excluding carboxylic acids is 2. The van der Waals surface area contributed by atoms with Crippen LogP contribution in [0.25, 0.3) is 5.69 Å². The fourth-order valence-corrected chi connectivity index (χ4v) is 4.69. The molecule has 1 aromatic heterocycles. The molecule has 0 saturated carbocycles. The molecule has 7 heteroatoms. The highest BCUT2D eigenvalue weighted by molar-refractivity contribution is 8.01. The Morgan fingerprint density at radius 2 is 1.83 bits per heavy atom. The van der Waals surface area contributed by atoms with Crippen LogP contribution in [-0.2, 0) is 16.1 Å². The van der Waals surface area contributed by atoms with Crippen LogP contribution < -0.4 is 5.32 Å². The molecule has 4 rings (SSSR count). The van der Waals surface area contributed by atoms with Gasteiger partial charge in [0, 0.05) is 36.2 Å². The average molecular weight is 421 g/mol. The minimum absolute atomic E-state index is 0.0618. The van der Waals surface area contributed by atoms with Crippen LogP contribution in [0.4, 0.5) is 5.69 Å². The second-order valence-electron chi connectivity index (χ2n) is 7.44. The number of benzene rings is 2. The number of para-hydroxylation sites is 2. The van der Waals surface area contributed by atoms with Gasteiger partial charge in [0.15, 0.2) is 0 Å². The summed E-state index contributed by atoms with van der Waals surface area (Å²) in [4.78, 5) is 28.0. The van der Waals surface area contributed by atoms with Gasteiger partial charge in [-0.05, 0) is 38.1 Å². The van der Waals surface area contributed by atoms with Crippen molar-refractivity contribution in [2.45, 2.75) is 37.0 Å². The zero-order chi connectivity index (χ0) is 21.3. The number of nitrogens with zero attached hydrogens (tertiary/aromatic N) is 3. The van der Waals surface area contributed by atoms with E-state index in [2.05, 4.69) is 10.4 Å². The van der Waals surface area contributed by atoms with Crippen LogP contribution in [-0.4, -0.2) is 38.8 Å². The minimum Gasteiger partial charge on any atom is -0.341 e. The number of aromatic nitrogens is 2. The number of fused-ring (bicyclic) bond motifs is 1. The van der Waals surface area contributed by atoms with Gasteiger partial charge in [-0.15, -0.1) is 11.8 Å². The van der Waals surface area contributed by atoms with Gasteiger partial charge in [-0.2, -0.15) is 5.10 Å². The first-order chi connectivity index (χ1) is 14.4. The number of aryl methyl sites for hydroxylation is 1. The number of carbonyl (C=O) groups is 2. The lowest BCUT2D eigenvalue weighted by atomic mass is 10.1. The third-order valence-corrected chi connectivity index (χ3v) is 6.60. The standard InChI is InChI=1S/C23H24N4O2S/c1-15-18(16(2)27(25-15)17-9-5-4-6-10-17)14-26(3)22(28)13-21-23(29)24-19-11-7-8-12-20(19)30-21/h4-12,21H,13-14H2,1-3H3,(H,24,29)/t21-/m0/s1. The second-order valence-corrected chi connectivity index (χ2v) is 8.69. The van der Waals surface area contributed by atoms with E-state index in [4.69, 9.17) is 0 Å². The molecule has 1 atom stereocenters. The van der Waals surface area contributed by atoms with Gasteiger partial charge in [0.05, 0.1) is 22.3 Å². The molecule has 1 aliphatic heterocycles. The van der Waals surface area contributed by atoms with Crippen LogP contribution in [0.15, 0.2) is 59.5 Å². The summed E-state index contributed by atoms with van der Waals surface area (Å²) in [5.74, 6) is -0.182. The quantitative estimate of drug-likeness (QED) is 0.679. The average Bonchev–Trinajstić information content (AvgIpc) is 3.03. The summed E-state index contributed by atoms with van der Waals surface area (Å²) in [5, 5.41) is 7.13. The Hall–Kier alpha value is -3.06. The minimum atomic E-state index is -0.427. The molecule has 30 heavy (non-hydrogen) atoms. The lowest BCUT2D eigenvalue weighted by Gasteiger charge is -2.25. The highest BCUT2D eigenvalue weighted by atomic mass is 32.2. The molecule has 2 aromatic carbocycles. The number of anilines is 1. The first-order valence-electron chi connectivity index (χ1n) is 9.85. The van der Waals surface area contributed by atoms with Gasteiger partial charge < -0.3 is 10.2 Å². The van der Waals surface area contributed by atoms with Gasteiger partial charge in [0.2, 0.25) is 11.8 Å². The van der Waals surface area contributed by atoms with E-state index in [9.17, 15) is 9.59 Å². The van der Waals surface area contributed by atoms with Crippen molar-refractivity contribution in [1.82, 2.24) is 14.7 Å². The van der Waals surface area contributed by atoms with E-state index in [1.807, 2.05) is 73.1 Å². The zero-order valence-corrected chi connectivity index (χ0v) is 18.1. The van der Waals surface area contributed by atoms with Gasteiger partial charge in [0.1, 0.15) is 0 Å². The van der Waals surface area contributed by atoms with Crippen LogP contribution in [0.5, 0.6) is 0 Å². The molecule has 1 N–H and O–H groups in total. The Morgan fingerprint density at radius 3 is 2.60 bits per heavy atom. The Bertz CT molecular complexity index is 1090. The van der Waals surface area contributed by atoms with E-state index in [0.29, 0.717) is 6.54 Å². The Kier molecular flexibility index (Phi) is 5.63. The largest absolute Gasteiger partial charge is 0.341 e. The van der Waals surface area contributed by atoms with Crippen LogP contribution in [0.3, 0.4) is 0 Å². The molecule has 0 fully saturated rings. The molecule has 2 heterocycles. The third-order valence-electron chi connectivity index (χ3n) is 5.33. The number of hydrogen-bond acceptors (Lipinski definition) is 4. The lowest BCUT2D eigenvalue weighted by molar-refractivity contribution is -0.131. The van der Waals surface area contributed by atoms with Crippen LogP contribution in [0.2, 0.25) is 0 Å². The number of rotatable bonds is 5. The molecule has 2 amide bonds. The van der Waals surface area contributed by atoms with Gasteiger partial charge >= 0.3 is 0 Å². The number of thioether (sulfide) groups is 1. The SMILES string of the molecule is Cc1nn(-c2ccccc2)c(C)c1CN(C)C(=O)C[C@@H]1Sc2ccccc2NC1=O. The van der Waals surface area contributed by atoms with E-state index in [1.54, 1.807) is 11.9 Å². The number of amides is 2. The van der Waals surface area contributed by atoms with E-state index in [1.165, 1.54) is 11.8 Å². The van der Waals surface area contributed by atoms with Crippen molar-refractivity contribution in [3.8, 4) is 5.69 Å². The normalized spacial score (nSPS) is 15.4. The molecular weight excluding hydrogens is 396 g/mol. The highest BCUT2D eigenvalue weighted by Gasteiger charge is 2.30. The van der Waals surface area contributed by atoms with E-state index >= 15 is 0 Å². The first-order valence-corrected chi connectivity index (χ1v) is 10.7. The van der Waals surface area contributed by atoms with Crippen LogP contribution >= 0.6 is 11.8 Å². The van der Waals surface area contributed by atoms with Gasteiger partial charge in [-0.1, -0.05) is 30.3 Å². The summed E-state index contributed by atoms with van der Waals surface area (Å²) < 4.78 is 1.91. The maximum absolute atomic E-state index is 12.9. The second kappa shape index (κ2) is 8.36. The summed E-state index contributed by atoms with van der Waals surface area (Å²) >= 11 is 1.45. The molecule has 0 unspecified atom stereocenters. The maximum atomic E-state index is 12.9. The van der Waals surface area contributed by atoms with E-state index in [0.717, 1.165) is 33.2 Å². The Labute approximate surface area is 180 Å². The summed E-state index contributed by atoms with van der Waals surface area (Å²) in [7, 11) is 1.78. The summed E-state index contributed by atoms with van der Waals surface area (Å²) in [6.07, 6.45) is 0.159. The van der Waals surface area contributed by atoms with E-state index < -0.39 is 5.25 Å². The molecule has 0 bridgehead atoms. The number of hydrogen-bond donors (Lipinski definition) is 1. The van der Waals surface area contributed by atoms with Crippen molar-refractivity contribution in [2.75, 3.05) is 12.4 Å². The molecule has 3 aromatic rings. The van der Waals surface area contributed by atoms with Crippen LogP contribution in [0.1, 0.15) is 23.4 Å². The van der Waals surface area contributed by atoms with Gasteiger partial charge in [0.25, 0.3) is 0 Å². The number of nitrogens with one attached hydrogen (secondary N) is 1. The lowest BCUT2D eigenvalue weighted by Crippen LogP contribution is -2.35. The summed E-state index contributed by atoms with van der Waals surface area (Å²) in [6, 6.07) is 17.6. The first kappa shape index (κ1) is 20.2. The molecule has 154 valence electrons. The Morgan fingerprint density at radius 1 is 1.13 bits per heavy atom. The topological polar surface area (TPSA) is 67.2 Å². The summed E-state index contributed by atoms with van der Waals surface area (Å²) in [6.45, 7) is 4.43. The zero-order valence-electron chi connectivity index (χ0n) is 17.3. The predicted molar refractivity (Wildman–Crippen MR) is 119 cm³/mol. The van der Waals surface area contributed by atoms with Gasteiger partial charge in [-0.25, -0.2) is 4.68 Å². The molecular formula is C23H24N4O2S. The molecule has 0 saturated heterocycles. The molecule has 0 spiro atoms. The Balaban J connectivity index is 1.46. The summed E-state index contributed by atoms with van der Waals surface area (Å²) in [5.41, 5.74) is 4.74. The molecule has 0 aliphatic carbocycles. The molecule has 6 nitrogen and oxygen atoms in total. The van der Waals surface area contributed by atoms with Gasteiger partial charge in [-0.3, -0.25) is 9.59 Å². The molecule has 1 aliphatic rings. The van der Waals surface area contributed by atoms with Crippen molar-refractivity contribution in [3.63, 3.8) is 0 Å². The van der Waals surface area contributed by atoms with Crippen molar-refractivity contribution in [2.24, 2.45) is 0 Å². The van der Waals surface area contributed by atoms with Crippen LogP contribution in [0, 0.1) is 13.8 Å². The van der Waals surface area contributed by atoms with Crippen molar-refractivity contribution in [1.29, 1.82) is 0 Å². The third kappa shape index (κ3) is 3.98. The molecule has 0 radical (unpaired) electrons. The van der Waals surface area contributed by atoms with Crippen molar-refractivity contribution < 1.29 is 9.59 Å². The highest BCUT2D eigenvalue weighted by Crippen LogP contribution is 2.36. The van der Waals surface area contributed by atoms with Crippen molar-refractivity contribution >= 4 is 29.3 Å². The fraction of sp³-hybridized carbons (Fsp3) is 0.261.